The molecule has 0 spiro atoms. The Morgan fingerprint density at radius 1 is 1.19 bits per heavy atom. The van der Waals surface area contributed by atoms with E-state index in [4.69, 9.17) is 4.74 Å². The fraction of sp³-hybridized carbons (Fsp3) is 0.467. The van der Waals surface area contributed by atoms with Crippen molar-refractivity contribution in [3.63, 3.8) is 0 Å². The number of hydrogen-bond donors (Lipinski definition) is 0. The van der Waals surface area contributed by atoms with Crippen molar-refractivity contribution in [3.8, 4) is 11.8 Å². The highest BCUT2D eigenvalue weighted by Crippen LogP contribution is 2.60. The summed E-state index contributed by atoms with van der Waals surface area (Å²) in [5.74, 6) is 6.71. The van der Waals surface area contributed by atoms with Crippen LogP contribution in [0.1, 0.15) is 32.3 Å². The molecule has 1 aromatic carbocycles. The molecule has 0 unspecified atom stereocenters. The van der Waals surface area contributed by atoms with Crippen LogP contribution in [0, 0.1) is 17.3 Å². The van der Waals surface area contributed by atoms with E-state index in [-0.39, 0.29) is 11.0 Å². The summed E-state index contributed by atoms with van der Waals surface area (Å²) in [6, 6.07) is 10.2. The lowest BCUT2D eigenvalue weighted by molar-refractivity contribution is 0.304. The van der Waals surface area contributed by atoms with Crippen molar-refractivity contribution < 1.29 is 4.74 Å². The molecule has 0 aromatic heterocycles. The van der Waals surface area contributed by atoms with E-state index in [1.807, 2.05) is 18.2 Å². The molecule has 1 saturated heterocycles. The molecular weight excluding hydrogens is 196 g/mol. The lowest BCUT2D eigenvalue weighted by Gasteiger charge is -2.03. The summed E-state index contributed by atoms with van der Waals surface area (Å²) in [4.78, 5) is 0. The van der Waals surface area contributed by atoms with Gasteiger partial charge in [-0.15, -0.1) is 0 Å². The molecule has 0 radical (unpaired) electrons. The summed E-state index contributed by atoms with van der Waals surface area (Å²) in [6.45, 7) is 4.31. The van der Waals surface area contributed by atoms with E-state index in [0.29, 0.717) is 6.10 Å². The maximum atomic E-state index is 5.72. The normalized spacial score (nSPS) is 27.8. The lowest BCUT2D eigenvalue weighted by atomic mass is 9.94. The number of ether oxygens (including phenoxy) is 1. The minimum absolute atomic E-state index is 0.0574. The Bertz CT molecular complexity index is 457. The monoisotopic (exact) mass is 212 g/mol. The minimum atomic E-state index is 0.0574. The van der Waals surface area contributed by atoms with E-state index >= 15 is 0 Å². The predicted molar refractivity (Wildman–Crippen MR) is 63.9 cm³/mol. The molecule has 1 aliphatic heterocycles. The Morgan fingerprint density at radius 2 is 1.81 bits per heavy atom. The summed E-state index contributed by atoms with van der Waals surface area (Å²) < 4.78 is 5.72. The van der Waals surface area contributed by atoms with E-state index in [2.05, 4.69) is 37.8 Å². The van der Waals surface area contributed by atoms with Gasteiger partial charge in [-0.3, -0.25) is 0 Å². The van der Waals surface area contributed by atoms with E-state index in [1.54, 1.807) is 0 Å². The molecule has 1 aliphatic carbocycles. The lowest BCUT2D eigenvalue weighted by Crippen LogP contribution is -2.14. The second-order valence-corrected chi connectivity index (χ2v) is 5.37. The second-order valence-electron chi connectivity index (χ2n) is 5.37. The van der Waals surface area contributed by atoms with Crippen molar-refractivity contribution >= 4 is 0 Å². The highest BCUT2D eigenvalue weighted by Gasteiger charge is 2.65. The second kappa shape index (κ2) is 3.12. The van der Waals surface area contributed by atoms with Gasteiger partial charge in [0.2, 0.25) is 0 Å². The van der Waals surface area contributed by atoms with Gasteiger partial charge in [-0.1, -0.05) is 30.0 Å². The van der Waals surface area contributed by atoms with E-state index in [0.717, 1.165) is 5.56 Å². The van der Waals surface area contributed by atoms with Crippen molar-refractivity contribution in [1.82, 2.24) is 0 Å². The van der Waals surface area contributed by atoms with Crippen molar-refractivity contribution in [3.05, 3.63) is 35.9 Å². The van der Waals surface area contributed by atoms with Crippen LogP contribution in [0.4, 0.5) is 0 Å². The molecule has 1 heterocycles. The van der Waals surface area contributed by atoms with Gasteiger partial charge in [0, 0.05) is 5.56 Å². The van der Waals surface area contributed by atoms with E-state index < -0.39 is 0 Å². The van der Waals surface area contributed by atoms with Gasteiger partial charge in [0.25, 0.3) is 0 Å². The van der Waals surface area contributed by atoms with Crippen LogP contribution in [0.25, 0.3) is 0 Å². The molecule has 3 rings (SSSR count). The van der Waals surface area contributed by atoms with Gasteiger partial charge in [0.1, 0.15) is 6.10 Å². The average Bonchev–Trinajstić information content (AvgIpc) is 3.16. The summed E-state index contributed by atoms with van der Waals surface area (Å²) in [5.41, 5.74) is 1.33. The Morgan fingerprint density at radius 3 is 2.31 bits per heavy atom. The van der Waals surface area contributed by atoms with Crippen molar-refractivity contribution in [1.29, 1.82) is 0 Å². The van der Waals surface area contributed by atoms with Gasteiger partial charge in [0.05, 0.1) is 11.0 Å². The molecule has 2 aliphatic rings. The Labute approximate surface area is 96.8 Å². The highest BCUT2D eigenvalue weighted by molar-refractivity contribution is 5.39. The molecule has 1 nitrogen and oxygen atoms in total. The maximum absolute atomic E-state index is 5.72. The first-order valence-electron chi connectivity index (χ1n) is 5.88. The standard InChI is InChI=1S/C15H16O/c1-14(2)13(16-14)15(10-11-15)9-8-12-6-4-3-5-7-12/h3-7,13H,10-11H2,1-2H3/t13-/m0/s1. The topological polar surface area (TPSA) is 12.5 Å². The van der Waals surface area contributed by atoms with Crippen LogP contribution in [0.15, 0.2) is 30.3 Å². The van der Waals surface area contributed by atoms with Crippen LogP contribution >= 0.6 is 0 Å². The molecule has 1 atom stereocenters. The molecule has 0 bridgehead atoms. The Balaban J connectivity index is 1.79. The van der Waals surface area contributed by atoms with Crippen LogP contribution in [-0.4, -0.2) is 11.7 Å². The third kappa shape index (κ3) is 1.64. The first-order chi connectivity index (χ1) is 7.62. The molecule has 1 saturated carbocycles. The quantitative estimate of drug-likeness (QED) is 0.515. The molecule has 0 amide bonds. The zero-order valence-corrected chi connectivity index (χ0v) is 9.79. The zero-order chi connectivity index (χ0) is 11.2. The smallest absolute Gasteiger partial charge is 0.103 e. The van der Waals surface area contributed by atoms with Crippen LogP contribution in [0.3, 0.4) is 0 Å². The third-order valence-electron chi connectivity index (χ3n) is 3.52. The fourth-order valence-corrected chi connectivity index (χ4v) is 2.35. The molecular formula is C15H16O. The maximum Gasteiger partial charge on any atom is 0.103 e. The van der Waals surface area contributed by atoms with Gasteiger partial charge in [-0.05, 0) is 38.8 Å². The van der Waals surface area contributed by atoms with Crippen LogP contribution < -0.4 is 0 Å². The van der Waals surface area contributed by atoms with Crippen LogP contribution in [0.5, 0.6) is 0 Å². The summed E-state index contributed by atoms with van der Waals surface area (Å²) in [5, 5.41) is 0. The predicted octanol–water partition coefficient (Wildman–Crippen LogP) is 3.00. The van der Waals surface area contributed by atoms with Crippen molar-refractivity contribution in [2.24, 2.45) is 5.41 Å². The van der Waals surface area contributed by atoms with Gasteiger partial charge < -0.3 is 4.74 Å². The van der Waals surface area contributed by atoms with E-state index in [9.17, 15) is 0 Å². The van der Waals surface area contributed by atoms with Gasteiger partial charge in [0.15, 0.2) is 0 Å². The summed E-state index contributed by atoms with van der Waals surface area (Å²) in [6.07, 6.45) is 2.75. The first-order valence-corrected chi connectivity index (χ1v) is 5.88. The average molecular weight is 212 g/mol. The molecule has 1 aromatic rings. The van der Waals surface area contributed by atoms with E-state index in [1.165, 1.54) is 12.8 Å². The van der Waals surface area contributed by atoms with Crippen molar-refractivity contribution in [2.75, 3.05) is 0 Å². The zero-order valence-electron chi connectivity index (χ0n) is 9.79. The Kier molecular flexibility index (Phi) is 1.94. The highest BCUT2D eigenvalue weighted by atomic mass is 16.6. The molecule has 16 heavy (non-hydrogen) atoms. The van der Waals surface area contributed by atoms with Gasteiger partial charge in [-0.2, -0.15) is 0 Å². The number of benzene rings is 1. The number of hydrogen-bond acceptors (Lipinski definition) is 1. The number of epoxide rings is 1. The minimum Gasteiger partial charge on any atom is -0.365 e. The largest absolute Gasteiger partial charge is 0.365 e. The van der Waals surface area contributed by atoms with Gasteiger partial charge in [-0.25, -0.2) is 0 Å². The molecule has 82 valence electrons. The fourth-order valence-electron chi connectivity index (χ4n) is 2.35. The SMILES string of the molecule is CC1(C)O[C@@H]1C1(C#Cc2ccccc2)CC1. The molecule has 2 fully saturated rings. The summed E-state index contributed by atoms with van der Waals surface area (Å²) >= 11 is 0. The Hall–Kier alpha value is -1.26. The van der Waals surface area contributed by atoms with Gasteiger partial charge >= 0.3 is 0 Å². The molecule has 0 N–H and O–H groups in total. The first kappa shape index (κ1) is 9.93. The van der Waals surface area contributed by atoms with Crippen LogP contribution in [0.2, 0.25) is 0 Å². The number of rotatable bonds is 1. The van der Waals surface area contributed by atoms with Crippen LogP contribution in [-0.2, 0) is 4.74 Å². The molecule has 1 heteroatoms. The van der Waals surface area contributed by atoms with Crippen molar-refractivity contribution in [2.45, 2.75) is 38.4 Å². The summed E-state index contributed by atoms with van der Waals surface area (Å²) in [7, 11) is 0. The third-order valence-corrected chi connectivity index (χ3v) is 3.52.